The summed E-state index contributed by atoms with van der Waals surface area (Å²) in [6.07, 6.45) is 1.72. The molecular weight excluding hydrogens is 360 g/mol. The van der Waals surface area contributed by atoms with E-state index >= 15 is 0 Å². The van der Waals surface area contributed by atoms with Crippen LogP contribution in [-0.4, -0.2) is 27.0 Å². The van der Waals surface area contributed by atoms with E-state index in [2.05, 4.69) is 26.5 Å². The first-order valence-electron chi connectivity index (χ1n) is 7.11. The predicted octanol–water partition coefficient (Wildman–Crippen LogP) is 4.31. The van der Waals surface area contributed by atoms with E-state index in [-0.39, 0.29) is 0 Å². The summed E-state index contributed by atoms with van der Waals surface area (Å²) in [7, 11) is 3.25. The third-order valence-corrected chi connectivity index (χ3v) is 3.62. The van der Waals surface area contributed by atoms with Crippen LogP contribution < -0.4 is 19.6 Å². The largest absolute Gasteiger partial charge is 0.497 e. The van der Waals surface area contributed by atoms with Gasteiger partial charge in [-0.2, -0.15) is 5.10 Å². The summed E-state index contributed by atoms with van der Waals surface area (Å²) in [6, 6.07) is 11.3. The second kappa shape index (κ2) is 8.43. The van der Waals surface area contributed by atoms with Gasteiger partial charge in [-0.1, -0.05) is 0 Å². The number of methoxy groups -OCH3 is 2. The van der Waals surface area contributed by atoms with E-state index in [1.807, 2.05) is 43.3 Å². The molecule has 0 saturated heterocycles. The minimum atomic E-state index is 0.563. The van der Waals surface area contributed by atoms with Gasteiger partial charge in [-0.25, -0.2) is 0 Å². The summed E-state index contributed by atoms with van der Waals surface area (Å²) < 4.78 is 16.9. The van der Waals surface area contributed by atoms with Crippen LogP contribution >= 0.6 is 15.9 Å². The minimum Gasteiger partial charge on any atom is -0.497 e. The maximum atomic E-state index is 5.59. The van der Waals surface area contributed by atoms with Crippen LogP contribution in [0.1, 0.15) is 12.5 Å². The Labute approximate surface area is 144 Å². The zero-order chi connectivity index (χ0) is 16.7. The van der Waals surface area contributed by atoms with Gasteiger partial charge in [-0.05, 0) is 64.8 Å². The fourth-order valence-corrected chi connectivity index (χ4v) is 2.59. The summed E-state index contributed by atoms with van der Waals surface area (Å²) in [6.45, 7) is 2.49. The predicted molar refractivity (Wildman–Crippen MR) is 96.1 cm³/mol. The van der Waals surface area contributed by atoms with Crippen LogP contribution in [0.3, 0.4) is 0 Å². The van der Waals surface area contributed by atoms with Crippen molar-refractivity contribution in [1.29, 1.82) is 0 Å². The molecule has 122 valence electrons. The first-order chi connectivity index (χ1) is 11.2. The van der Waals surface area contributed by atoms with Gasteiger partial charge in [0.15, 0.2) is 11.5 Å². The van der Waals surface area contributed by atoms with Crippen molar-refractivity contribution >= 4 is 27.8 Å². The Bertz CT molecular complexity index is 672. The van der Waals surface area contributed by atoms with E-state index in [0.717, 1.165) is 21.5 Å². The second-order valence-corrected chi connectivity index (χ2v) is 5.42. The molecular formula is C17H19BrN2O3. The topological polar surface area (TPSA) is 52.1 Å². The first kappa shape index (κ1) is 17.1. The molecule has 6 heteroatoms. The van der Waals surface area contributed by atoms with E-state index in [0.29, 0.717) is 18.1 Å². The fourth-order valence-electron chi connectivity index (χ4n) is 1.97. The van der Waals surface area contributed by atoms with Gasteiger partial charge in [0.25, 0.3) is 0 Å². The molecule has 0 aliphatic heterocycles. The van der Waals surface area contributed by atoms with Crippen molar-refractivity contribution in [3.8, 4) is 17.2 Å². The lowest BCUT2D eigenvalue weighted by molar-refractivity contribution is 0.310. The third kappa shape index (κ3) is 4.63. The summed E-state index contributed by atoms with van der Waals surface area (Å²) in [5.41, 5.74) is 4.74. The fraction of sp³-hybridized carbons (Fsp3) is 0.235. The number of nitrogens with zero attached hydrogens (tertiary/aromatic N) is 1. The molecule has 0 spiro atoms. The second-order valence-electron chi connectivity index (χ2n) is 4.57. The van der Waals surface area contributed by atoms with Crippen LogP contribution in [0.4, 0.5) is 5.69 Å². The molecule has 5 nitrogen and oxygen atoms in total. The molecule has 2 aromatic carbocycles. The summed E-state index contributed by atoms with van der Waals surface area (Å²) >= 11 is 3.48. The van der Waals surface area contributed by atoms with Gasteiger partial charge in [-0.15, -0.1) is 0 Å². The number of anilines is 1. The molecule has 0 saturated carbocycles. The van der Waals surface area contributed by atoms with Crippen molar-refractivity contribution in [3.05, 3.63) is 46.4 Å². The Balaban J connectivity index is 2.11. The smallest absolute Gasteiger partial charge is 0.174 e. The van der Waals surface area contributed by atoms with E-state index in [9.17, 15) is 0 Å². The lowest BCUT2D eigenvalue weighted by atomic mass is 10.2. The Morgan fingerprint density at radius 1 is 1.13 bits per heavy atom. The Morgan fingerprint density at radius 2 is 1.87 bits per heavy atom. The van der Waals surface area contributed by atoms with E-state index < -0.39 is 0 Å². The molecule has 2 aromatic rings. The van der Waals surface area contributed by atoms with Crippen LogP contribution in [-0.2, 0) is 0 Å². The van der Waals surface area contributed by atoms with Crippen LogP contribution in [0, 0.1) is 0 Å². The van der Waals surface area contributed by atoms with Crippen molar-refractivity contribution in [2.24, 2.45) is 5.10 Å². The van der Waals surface area contributed by atoms with E-state index in [1.165, 1.54) is 0 Å². The van der Waals surface area contributed by atoms with Crippen molar-refractivity contribution in [1.82, 2.24) is 0 Å². The van der Waals surface area contributed by atoms with E-state index in [1.54, 1.807) is 20.4 Å². The molecule has 0 amide bonds. The highest BCUT2D eigenvalue weighted by molar-refractivity contribution is 9.10. The Kier molecular flexibility index (Phi) is 6.29. The molecule has 0 unspecified atom stereocenters. The first-order valence-corrected chi connectivity index (χ1v) is 7.90. The van der Waals surface area contributed by atoms with Crippen LogP contribution in [0.2, 0.25) is 0 Å². The summed E-state index contributed by atoms with van der Waals surface area (Å²) in [5, 5.41) is 4.23. The molecule has 23 heavy (non-hydrogen) atoms. The van der Waals surface area contributed by atoms with Crippen molar-refractivity contribution < 1.29 is 14.2 Å². The normalized spacial score (nSPS) is 10.6. The standard InChI is InChI=1S/C17H19BrN2O3/c1-4-23-16-10-12(9-15(18)17(16)22-3)11-19-20-13-5-7-14(21-2)8-6-13/h5-11,20H,4H2,1-3H3/b19-11+. The van der Waals surface area contributed by atoms with Crippen LogP contribution in [0.25, 0.3) is 0 Å². The quantitative estimate of drug-likeness (QED) is 0.575. The van der Waals surface area contributed by atoms with Gasteiger partial charge in [0.2, 0.25) is 0 Å². The van der Waals surface area contributed by atoms with Crippen LogP contribution in [0.5, 0.6) is 17.2 Å². The van der Waals surface area contributed by atoms with Crippen molar-refractivity contribution in [2.45, 2.75) is 6.92 Å². The van der Waals surface area contributed by atoms with Gasteiger partial charge in [0, 0.05) is 0 Å². The molecule has 0 atom stereocenters. The molecule has 0 aromatic heterocycles. The molecule has 0 bridgehead atoms. The number of hydrogen-bond acceptors (Lipinski definition) is 5. The molecule has 0 heterocycles. The molecule has 0 radical (unpaired) electrons. The molecule has 2 rings (SSSR count). The summed E-state index contributed by atoms with van der Waals surface area (Å²) in [5.74, 6) is 2.15. The Hall–Kier alpha value is -2.21. The van der Waals surface area contributed by atoms with Gasteiger partial charge in [-0.3, -0.25) is 5.43 Å². The number of benzene rings is 2. The average molecular weight is 379 g/mol. The maximum absolute atomic E-state index is 5.59. The third-order valence-electron chi connectivity index (χ3n) is 3.03. The van der Waals surface area contributed by atoms with Gasteiger partial charge < -0.3 is 14.2 Å². The monoisotopic (exact) mass is 378 g/mol. The van der Waals surface area contributed by atoms with Gasteiger partial charge in [0.05, 0.1) is 37.2 Å². The molecule has 0 aliphatic rings. The van der Waals surface area contributed by atoms with E-state index in [4.69, 9.17) is 14.2 Å². The average Bonchev–Trinajstić information content (AvgIpc) is 2.56. The van der Waals surface area contributed by atoms with Crippen LogP contribution in [0.15, 0.2) is 46.0 Å². The lowest BCUT2D eigenvalue weighted by Gasteiger charge is -2.11. The zero-order valence-corrected chi connectivity index (χ0v) is 14.9. The highest BCUT2D eigenvalue weighted by Crippen LogP contribution is 2.36. The van der Waals surface area contributed by atoms with Gasteiger partial charge in [0.1, 0.15) is 5.75 Å². The van der Waals surface area contributed by atoms with Crippen molar-refractivity contribution in [3.63, 3.8) is 0 Å². The van der Waals surface area contributed by atoms with Crippen molar-refractivity contribution in [2.75, 3.05) is 26.3 Å². The van der Waals surface area contributed by atoms with Gasteiger partial charge >= 0.3 is 0 Å². The SMILES string of the molecule is CCOc1cc(/C=N/Nc2ccc(OC)cc2)cc(Br)c1OC. The number of ether oxygens (including phenoxy) is 3. The number of hydrazone groups is 1. The Morgan fingerprint density at radius 3 is 2.48 bits per heavy atom. The molecule has 0 aliphatic carbocycles. The molecule has 0 fully saturated rings. The summed E-state index contributed by atoms with van der Waals surface area (Å²) in [4.78, 5) is 0. The zero-order valence-electron chi connectivity index (χ0n) is 13.3. The molecule has 1 N–H and O–H groups in total. The number of rotatable bonds is 7. The number of halogens is 1. The number of hydrogen-bond donors (Lipinski definition) is 1. The highest BCUT2D eigenvalue weighted by Gasteiger charge is 2.10. The highest BCUT2D eigenvalue weighted by atomic mass is 79.9. The number of nitrogens with one attached hydrogen (secondary N) is 1. The lowest BCUT2D eigenvalue weighted by Crippen LogP contribution is -1.98. The maximum Gasteiger partial charge on any atom is 0.174 e. The minimum absolute atomic E-state index is 0.563.